The molecular formula is C46H65N5O9. The molecule has 2 aromatic rings. The molecule has 14 heteroatoms. The Morgan fingerprint density at radius 1 is 0.917 bits per heavy atom. The van der Waals surface area contributed by atoms with Crippen LogP contribution in [0, 0.1) is 11.8 Å². The Morgan fingerprint density at radius 3 is 2.27 bits per heavy atom. The number of amides is 5. The summed E-state index contributed by atoms with van der Waals surface area (Å²) >= 11 is 0. The monoisotopic (exact) mass is 831 g/mol. The van der Waals surface area contributed by atoms with Gasteiger partial charge in [0.05, 0.1) is 24.6 Å². The molecule has 328 valence electrons. The van der Waals surface area contributed by atoms with Gasteiger partial charge in [-0.15, -0.1) is 0 Å². The molecule has 1 aliphatic heterocycles. The summed E-state index contributed by atoms with van der Waals surface area (Å²) in [6.45, 7) is 8.73. The number of cyclic esters (lactones) is 1. The molecule has 2 aromatic carbocycles. The van der Waals surface area contributed by atoms with Crippen molar-refractivity contribution in [3.63, 3.8) is 0 Å². The minimum atomic E-state index is -1.29. The van der Waals surface area contributed by atoms with Crippen LogP contribution in [-0.4, -0.2) is 101 Å². The second-order valence-corrected chi connectivity index (χ2v) is 16.1. The average molecular weight is 832 g/mol. The first-order valence-corrected chi connectivity index (χ1v) is 21.1. The number of ether oxygens (including phenoxy) is 1. The number of nitrogens with zero attached hydrogens (tertiary/aromatic N) is 1. The van der Waals surface area contributed by atoms with Crippen molar-refractivity contribution in [2.45, 2.75) is 129 Å². The van der Waals surface area contributed by atoms with Gasteiger partial charge in [-0.05, 0) is 54.4 Å². The molecule has 3 rings (SSSR count). The number of aliphatic hydroxyl groups is 1. The Morgan fingerprint density at radius 2 is 1.62 bits per heavy atom. The minimum Gasteiger partial charge on any atom is -0.508 e. The molecule has 0 bridgehead atoms. The van der Waals surface area contributed by atoms with Crippen LogP contribution in [0.5, 0.6) is 5.75 Å². The summed E-state index contributed by atoms with van der Waals surface area (Å²) in [6, 6.07) is 10.5. The Hall–Kier alpha value is -5.50. The smallest absolute Gasteiger partial charge is 0.329 e. The van der Waals surface area contributed by atoms with Crippen molar-refractivity contribution in [2.24, 2.45) is 11.8 Å². The molecule has 14 nitrogen and oxygen atoms in total. The van der Waals surface area contributed by atoms with Crippen LogP contribution in [-0.2, 0) is 46.3 Å². The van der Waals surface area contributed by atoms with E-state index >= 15 is 0 Å². The second-order valence-electron chi connectivity index (χ2n) is 16.1. The van der Waals surface area contributed by atoms with E-state index in [9.17, 15) is 39.0 Å². The van der Waals surface area contributed by atoms with Gasteiger partial charge in [0, 0.05) is 26.0 Å². The SMILES string of the molecule is CCCCCCC=CCC(=O)NC(Cc1ccccc1)C(O)CC(=O)NC(C(=O)NC1C=CC(=O)NC(C(C)C)C(=O)N(C)C(Cc2ccc(O)cc2)C(=O)OC1)C(C)C. The van der Waals surface area contributed by atoms with E-state index in [1.165, 1.54) is 36.6 Å². The third-order valence-corrected chi connectivity index (χ3v) is 10.4. The molecule has 60 heavy (non-hydrogen) atoms. The van der Waals surface area contributed by atoms with Crippen molar-refractivity contribution >= 4 is 35.5 Å². The highest BCUT2D eigenvalue weighted by Crippen LogP contribution is 2.18. The number of hydrogen-bond acceptors (Lipinski definition) is 9. The second kappa shape index (κ2) is 25.2. The minimum absolute atomic E-state index is 0.0347. The number of rotatable bonds is 20. The van der Waals surface area contributed by atoms with Crippen LogP contribution in [0.25, 0.3) is 0 Å². The van der Waals surface area contributed by atoms with Crippen LogP contribution in [0.2, 0.25) is 0 Å². The number of aromatic hydroxyl groups is 1. The molecule has 1 aliphatic rings. The Bertz CT molecular complexity index is 1760. The van der Waals surface area contributed by atoms with Gasteiger partial charge in [0.1, 0.15) is 30.5 Å². The highest BCUT2D eigenvalue weighted by atomic mass is 16.5. The first-order chi connectivity index (χ1) is 28.6. The van der Waals surface area contributed by atoms with Crippen molar-refractivity contribution in [3.05, 3.63) is 90.0 Å². The maximum Gasteiger partial charge on any atom is 0.329 e. The number of allylic oxidation sites excluding steroid dienone is 1. The maximum atomic E-state index is 13.8. The summed E-state index contributed by atoms with van der Waals surface area (Å²) in [5, 5.41) is 32.2. The van der Waals surface area contributed by atoms with Gasteiger partial charge in [0.25, 0.3) is 0 Å². The lowest BCUT2D eigenvalue weighted by atomic mass is 9.97. The van der Waals surface area contributed by atoms with Crippen LogP contribution >= 0.6 is 0 Å². The van der Waals surface area contributed by atoms with Crippen molar-refractivity contribution in [2.75, 3.05) is 13.7 Å². The molecule has 5 amide bonds. The van der Waals surface area contributed by atoms with Crippen LogP contribution in [0.1, 0.15) is 90.7 Å². The number of carbonyl (C=O) groups excluding carboxylic acids is 6. The summed E-state index contributed by atoms with van der Waals surface area (Å²) < 4.78 is 5.68. The fourth-order valence-corrected chi connectivity index (χ4v) is 6.72. The molecule has 0 fully saturated rings. The van der Waals surface area contributed by atoms with Crippen LogP contribution < -0.4 is 21.3 Å². The van der Waals surface area contributed by atoms with Gasteiger partial charge in [-0.25, -0.2) is 4.79 Å². The predicted octanol–water partition coefficient (Wildman–Crippen LogP) is 4.04. The standard InChI is InChI=1S/C46H65N5O9/c1-7-8-9-10-11-12-16-19-39(54)48-36(26-32-17-14-13-15-18-32)38(53)28-41(56)50-42(30(2)3)44(57)47-34-22-25-40(55)49-43(31(4)5)45(58)51(6)37(46(59)60-29-34)27-33-20-23-35(52)24-21-33/h12-18,20-25,30-31,34,36-38,42-43,52-53H,7-11,19,26-29H2,1-6H3,(H,47,57)(H,48,54)(H,49,55)(H,50,56). The van der Waals surface area contributed by atoms with Gasteiger partial charge in [-0.1, -0.05) is 115 Å². The van der Waals surface area contributed by atoms with E-state index in [4.69, 9.17) is 4.74 Å². The molecule has 0 saturated heterocycles. The zero-order valence-electron chi connectivity index (χ0n) is 35.9. The molecule has 6 unspecified atom stereocenters. The first kappa shape index (κ1) is 48.9. The molecular weight excluding hydrogens is 767 g/mol. The topological polar surface area (TPSA) is 203 Å². The number of nitrogens with one attached hydrogen (secondary N) is 4. The van der Waals surface area contributed by atoms with Gasteiger partial charge >= 0.3 is 5.97 Å². The van der Waals surface area contributed by atoms with Crippen LogP contribution in [0.4, 0.5) is 0 Å². The quantitative estimate of drug-likeness (QED) is 0.0647. The lowest BCUT2D eigenvalue weighted by molar-refractivity contribution is -0.156. The highest BCUT2D eigenvalue weighted by Gasteiger charge is 2.36. The maximum absolute atomic E-state index is 13.8. The third-order valence-electron chi connectivity index (χ3n) is 10.4. The Kier molecular flexibility index (Phi) is 20.5. The summed E-state index contributed by atoms with van der Waals surface area (Å²) in [6.07, 6.45) is 10.4. The van der Waals surface area contributed by atoms with Gasteiger partial charge in [0.15, 0.2) is 0 Å². The number of esters is 1. The van der Waals surface area contributed by atoms with E-state index in [2.05, 4.69) is 28.2 Å². The Balaban J connectivity index is 1.74. The number of aliphatic hydroxyl groups excluding tert-OH is 1. The van der Waals surface area contributed by atoms with E-state index < -0.39 is 84.9 Å². The van der Waals surface area contributed by atoms with Crippen molar-refractivity contribution in [1.82, 2.24) is 26.2 Å². The van der Waals surface area contributed by atoms with E-state index in [1.807, 2.05) is 42.5 Å². The Labute approximate surface area is 354 Å². The molecule has 6 atom stereocenters. The molecule has 0 spiro atoms. The molecule has 0 aromatic heterocycles. The van der Waals surface area contributed by atoms with Crippen molar-refractivity contribution in [1.29, 1.82) is 0 Å². The average Bonchev–Trinajstić information content (AvgIpc) is 3.21. The zero-order chi connectivity index (χ0) is 44.2. The number of likely N-dealkylation sites (N-methyl/N-ethyl adjacent to an activating group) is 1. The number of hydrogen-bond donors (Lipinski definition) is 6. The van der Waals surface area contributed by atoms with Gasteiger partial charge in [-0.3, -0.25) is 24.0 Å². The van der Waals surface area contributed by atoms with Gasteiger partial charge in [-0.2, -0.15) is 0 Å². The van der Waals surface area contributed by atoms with Gasteiger partial charge in [0.2, 0.25) is 29.5 Å². The van der Waals surface area contributed by atoms with E-state index in [0.29, 0.717) is 5.56 Å². The lowest BCUT2D eigenvalue weighted by Crippen LogP contribution is -2.56. The normalized spacial score (nSPS) is 19.2. The van der Waals surface area contributed by atoms with Crippen LogP contribution in [0.15, 0.2) is 78.9 Å². The van der Waals surface area contributed by atoms with Gasteiger partial charge < -0.3 is 41.1 Å². The number of phenolic OH excluding ortho intramolecular Hbond substituents is 1. The summed E-state index contributed by atoms with van der Waals surface area (Å²) in [7, 11) is 1.45. The first-order valence-electron chi connectivity index (χ1n) is 21.1. The van der Waals surface area contributed by atoms with E-state index in [1.54, 1.807) is 39.8 Å². The lowest BCUT2D eigenvalue weighted by Gasteiger charge is -2.32. The largest absolute Gasteiger partial charge is 0.508 e. The molecule has 0 aliphatic carbocycles. The van der Waals surface area contributed by atoms with Crippen molar-refractivity contribution < 1.29 is 43.7 Å². The number of carbonyl (C=O) groups is 6. The summed E-state index contributed by atoms with van der Waals surface area (Å²) in [4.78, 5) is 81.8. The zero-order valence-corrected chi connectivity index (χ0v) is 35.9. The fraction of sp³-hybridized carbons (Fsp3) is 0.522. The van der Waals surface area contributed by atoms with Crippen molar-refractivity contribution in [3.8, 4) is 5.75 Å². The number of unbranched alkanes of at least 4 members (excludes halogenated alkanes) is 4. The molecule has 0 saturated carbocycles. The predicted molar refractivity (Wildman–Crippen MR) is 229 cm³/mol. The summed E-state index contributed by atoms with van der Waals surface area (Å²) in [5.74, 6) is -4.12. The van der Waals surface area contributed by atoms with E-state index in [-0.39, 0.29) is 36.8 Å². The van der Waals surface area contributed by atoms with E-state index in [0.717, 1.165) is 37.3 Å². The third kappa shape index (κ3) is 16.6. The van der Waals surface area contributed by atoms with Crippen LogP contribution in [0.3, 0.4) is 0 Å². The molecule has 6 N–H and O–H groups in total. The number of benzene rings is 2. The summed E-state index contributed by atoms with van der Waals surface area (Å²) in [5.41, 5.74) is 1.50. The molecule has 0 radical (unpaired) electrons. The number of phenols is 1. The highest BCUT2D eigenvalue weighted by molar-refractivity contribution is 5.95. The molecule has 1 heterocycles. The fourth-order valence-electron chi connectivity index (χ4n) is 6.72.